The highest BCUT2D eigenvalue weighted by molar-refractivity contribution is 5.88. The lowest BCUT2D eigenvalue weighted by molar-refractivity contribution is -0.132. The van der Waals surface area contributed by atoms with Crippen LogP contribution in [0.1, 0.15) is 52.9 Å². The van der Waals surface area contributed by atoms with Gasteiger partial charge in [0.25, 0.3) is 0 Å². The Morgan fingerprint density at radius 3 is 2.38 bits per heavy atom. The van der Waals surface area contributed by atoms with Gasteiger partial charge in [-0.3, -0.25) is 15.2 Å². The van der Waals surface area contributed by atoms with Gasteiger partial charge in [0.05, 0.1) is 29.9 Å². The van der Waals surface area contributed by atoms with Crippen molar-refractivity contribution in [1.29, 1.82) is 5.26 Å². The average Bonchev–Trinajstić information content (AvgIpc) is 2.54. The maximum absolute atomic E-state index is 10.8. The van der Waals surface area contributed by atoms with Crippen LogP contribution in [0.4, 0.5) is 0 Å². The Balaban J connectivity index is 1.54. The van der Waals surface area contributed by atoms with E-state index in [1.165, 1.54) is 12.8 Å². The molecule has 4 aliphatic carbocycles. The molecule has 4 bridgehead atoms. The molecular formula is C20H32N4O2. The van der Waals surface area contributed by atoms with Crippen LogP contribution in [0.5, 0.6) is 0 Å². The van der Waals surface area contributed by atoms with E-state index in [-0.39, 0.29) is 24.3 Å². The first kappa shape index (κ1) is 18.2. The Hall–Kier alpha value is -1.16. The van der Waals surface area contributed by atoms with E-state index in [4.69, 9.17) is 9.73 Å². The SMILES string of the molecule is CC1CN(C(C)C(=NC2C3CC4CC2CC(O)(C4)C3)NC#N)CC(C)O1. The van der Waals surface area contributed by atoms with E-state index in [0.29, 0.717) is 17.8 Å². The Kier molecular flexibility index (Phi) is 4.75. The van der Waals surface area contributed by atoms with Crippen molar-refractivity contribution in [3.63, 3.8) is 0 Å². The molecule has 2 N–H and O–H groups in total. The van der Waals surface area contributed by atoms with Gasteiger partial charge in [-0.05, 0) is 70.6 Å². The molecule has 5 fully saturated rings. The zero-order valence-electron chi connectivity index (χ0n) is 16.2. The number of amidine groups is 1. The molecule has 0 aromatic rings. The van der Waals surface area contributed by atoms with Crippen molar-refractivity contribution in [1.82, 2.24) is 10.2 Å². The fourth-order valence-corrected chi connectivity index (χ4v) is 6.33. The number of nitriles is 1. The van der Waals surface area contributed by atoms with Crippen LogP contribution in [0.25, 0.3) is 0 Å². The van der Waals surface area contributed by atoms with Crippen LogP contribution >= 0.6 is 0 Å². The van der Waals surface area contributed by atoms with Crippen LogP contribution in [0.3, 0.4) is 0 Å². The third-order valence-corrected chi connectivity index (χ3v) is 7.05. The Labute approximate surface area is 156 Å². The molecule has 0 spiro atoms. The number of nitrogens with zero attached hydrogens (tertiary/aromatic N) is 3. The average molecular weight is 361 g/mol. The number of ether oxygens (including phenoxy) is 1. The summed E-state index contributed by atoms with van der Waals surface area (Å²) >= 11 is 0. The van der Waals surface area contributed by atoms with Crippen LogP contribution in [0.2, 0.25) is 0 Å². The van der Waals surface area contributed by atoms with Gasteiger partial charge in [-0.15, -0.1) is 0 Å². The first-order chi connectivity index (χ1) is 12.4. The maximum Gasteiger partial charge on any atom is 0.182 e. The molecule has 5 atom stereocenters. The minimum Gasteiger partial charge on any atom is -0.390 e. The monoisotopic (exact) mass is 360 g/mol. The molecule has 1 aliphatic heterocycles. The molecule has 26 heavy (non-hydrogen) atoms. The zero-order chi connectivity index (χ0) is 18.5. The van der Waals surface area contributed by atoms with Crippen LogP contribution in [-0.2, 0) is 4.74 Å². The van der Waals surface area contributed by atoms with Crippen LogP contribution in [-0.4, -0.2) is 58.8 Å². The van der Waals surface area contributed by atoms with E-state index in [1.807, 2.05) is 0 Å². The normalized spacial score (nSPS) is 46.8. The summed E-state index contributed by atoms with van der Waals surface area (Å²) in [5.74, 6) is 2.40. The van der Waals surface area contributed by atoms with Gasteiger partial charge in [-0.25, -0.2) is 0 Å². The quantitative estimate of drug-likeness (QED) is 0.348. The number of hydrogen-bond acceptors (Lipinski definition) is 5. The fourth-order valence-electron chi connectivity index (χ4n) is 6.33. The van der Waals surface area contributed by atoms with Gasteiger partial charge in [0.1, 0.15) is 5.84 Å². The molecule has 5 unspecified atom stereocenters. The molecule has 4 saturated carbocycles. The summed E-state index contributed by atoms with van der Waals surface area (Å²) in [6.45, 7) is 8.05. The van der Waals surface area contributed by atoms with Crippen molar-refractivity contribution in [3.8, 4) is 6.19 Å². The molecule has 1 saturated heterocycles. The predicted octanol–water partition coefficient (Wildman–Crippen LogP) is 1.89. The van der Waals surface area contributed by atoms with Gasteiger partial charge in [-0.1, -0.05) is 0 Å². The van der Waals surface area contributed by atoms with E-state index in [0.717, 1.165) is 38.2 Å². The molecule has 5 rings (SSSR count). The first-order valence-electron chi connectivity index (χ1n) is 10.2. The summed E-state index contributed by atoms with van der Waals surface area (Å²) in [4.78, 5) is 7.48. The summed E-state index contributed by atoms with van der Waals surface area (Å²) in [6.07, 6.45) is 7.62. The number of aliphatic hydroxyl groups is 1. The van der Waals surface area contributed by atoms with Crippen LogP contribution in [0.15, 0.2) is 4.99 Å². The third kappa shape index (κ3) is 3.37. The van der Waals surface area contributed by atoms with Crippen LogP contribution < -0.4 is 5.32 Å². The summed E-state index contributed by atoms with van der Waals surface area (Å²) in [5.41, 5.74) is -0.438. The van der Waals surface area contributed by atoms with Crippen molar-refractivity contribution in [2.45, 2.75) is 82.8 Å². The summed E-state index contributed by atoms with van der Waals surface area (Å²) in [7, 11) is 0. The van der Waals surface area contributed by atoms with Crippen molar-refractivity contribution < 1.29 is 9.84 Å². The zero-order valence-corrected chi connectivity index (χ0v) is 16.2. The molecule has 5 aliphatic rings. The predicted molar refractivity (Wildman–Crippen MR) is 99.5 cm³/mol. The lowest BCUT2D eigenvalue weighted by Crippen LogP contribution is -2.57. The van der Waals surface area contributed by atoms with Crippen molar-refractivity contribution >= 4 is 5.84 Å². The maximum atomic E-state index is 10.8. The highest BCUT2D eigenvalue weighted by atomic mass is 16.5. The second-order valence-electron chi connectivity index (χ2n) is 9.32. The summed E-state index contributed by atoms with van der Waals surface area (Å²) in [5, 5.41) is 23.0. The van der Waals surface area contributed by atoms with Crippen molar-refractivity contribution in [2.24, 2.45) is 22.7 Å². The van der Waals surface area contributed by atoms with Gasteiger partial charge >= 0.3 is 0 Å². The number of aliphatic imine (C=N–C) groups is 1. The Morgan fingerprint density at radius 2 is 1.85 bits per heavy atom. The highest BCUT2D eigenvalue weighted by Gasteiger charge is 2.55. The minimum atomic E-state index is -0.438. The van der Waals surface area contributed by atoms with Crippen LogP contribution in [0, 0.1) is 29.2 Å². The van der Waals surface area contributed by atoms with E-state index in [1.54, 1.807) is 0 Å². The number of rotatable bonds is 3. The Morgan fingerprint density at radius 1 is 1.23 bits per heavy atom. The van der Waals surface area contributed by atoms with Crippen molar-refractivity contribution in [2.75, 3.05) is 13.1 Å². The standard InChI is InChI=1S/C20H32N4O2/c1-12-9-24(10-13(2)26-12)14(3)19(22-11-21)23-18-16-4-15-5-17(18)8-20(25,6-15)7-16/h12-18,25H,4-10H2,1-3H3,(H,22,23). The van der Waals surface area contributed by atoms with Gasteiger partial charge in [-0.2, -0.15) is 5.26 Å². The van der Waals surface area contributed by atoms with E-state index in [9.17, 15) is 10.4 Å². The number of nitrogens with one attached hydrogen (secondary N) is 1. The fraction of sp³-hybridized carbons (Fsp3) is 0.900. The largest absolute Gasteiger partial charge is 0.390 e. The molecule has 0 aromatic heterocycles. The molecule has 0 aromatic carbocycles. The first-order valence-corrected chi connectivity index (χ1v) is 10.2. The van der Waals surface area contributed by atoms with E-state index >= 15 is 0 Å². The summed E-state index contributed by atoms with van der Waals surface area (Å²) < 4.78 is 5.85. The molecular weight excluding hydrogens is 328 g/mol. The Bertz CT molecular complexity index is 589. The molecule has 1 heterocycles. The lowest BCUT2D eigenvalue weighted by atomic mass is 9.52. The van der Waals surface area contributed by atoms with Gasteiger partial charge in [0, 0.05) is 13.1 Å². The molecule has 144 valence electrons. The third-order valence-electron chi connectivity index (χ3n) is 7.05. The second kappa shape index (κ2) is 6.78. The second-order valence-corrected chi connectivity index (χ2v) is 9.32. The van der Waals surface area contributed by atoms with Gasteiger partial charge in [0.15, 0.2) is 6.19 Å². The topological polar surface area (TPSA) is 80.9 Å². The van der Waals surface area contributed by atoms with E-state index < -0.39 is 5.60 Å². The molecule has 0 amide bonds. The van der Waals surface area contributed by atoms with Gasteiger partial charge < -0.3 is 9.84 Å². The number of hydrogen-bond donors (Lipinski definition) is 2. The summed E-state index contributed by atoms with van der Waals surface area (Å²) in [6, 6.07) is 0.324. The molecule has 6 nitrogen and oxygen atoms in total. The smallest absolute Gasteiger partial charge is 0.182 e. The minimum absolute atomic E-state index is 0.0729. The lowest BCUT2D eigenvalue weighted by Gasteiger charge is -2.57. The van der Waals surface area contributed by atoms with Gasteiger partial charge in [0.2, 0.25) is 0 Å². The molecule has 0 radical (unpaired) electrons. The molecule has 6 heteroatoms. The number of morpholine rings is 1. The van der Waals surface area contributed by atoms with E-state index in [2.05, 4.69) is 37.2 Å². The van der Waals surface area contributed by atoms with Crippen molar-refractivity contribution in [3.05, 3.63) is 0 Å². The highest BCUT2D eigenvalue weighted by Crippen LogP contribution is 2.56.